The van der Waals surface area contributed by atoms with E-state index < -0.39 is 0 Å². The third-order valence-electron chi connectivity index (χ3n) is 4.04. The second-order valence-corrected chi connectivity index (χ2v) is 5.33. The number of nitrogens with one attached hydrogen (secondary N) is 1. The number of hydrogen-bond donors (Lipinski definition) is 2. The van der Waals surface area contributed by atoms with E-state index in [1.165, 1.54) is 18.5 Å². The van der Waals surface area contributed by atoms with Crippen LogP contribution < -0.4 is 10.6 Å². The molecule has 3 rings (SSSR count). The highest BCUT2D eigenvalue weighted by Crippen LogP contribution is 2.29. The third kappa shape index (κ3) is 2.49. The summed E-state index contributed by atoms with van der Waals surface area (Å²) in [5.41, 5.74) is 9.30. The quantitative estimate of drug-likeness (QED) is 0.847. The number of nitrogens with zero attached hydrogens (tertiary/aromatic N) is 1. The first-order chi connectivity index (χ1) is 10.2. The first-order valence-corrected chi connectivity index (χ1v) is 7.51. The van der Waals surface area contributed by atoms with Gasteiger partial charge < -0.3 is 20.4 Å². The summed E-state index contributed by atoms with van der Waals surface area (Å²) in [7, 11) is 0. The summed E-state index contributed by atoms with van der Waals surface area (Å²) in [5, 5.41) is 1.02. The SMILES string of the molecule is CCOC(=O)c1[nH]c2ccc(N3CCCC3)cc2c1CN. The maximum absolute atomic E-state index is 12.0. The lowest BCUT2D eigenvalue weighted by molar-refractivity contribution is 0.0519. The molecule has 2 aromatic rings. The molecule has 0 unspecified atom stereocenters. The fraction of sp³-hybridized carbons (Fsp3) is 0.438. The zero-order valence-corrected chi connectivity index (χ0v) is 12.3. The Morgan fingerprint density at radius 1 is 1.38 bits per heavy atom. The normalized spacial score (nSPS) is 14.9. The van der Waals surface area contributed by atoms with Crippen LogP contribution in [-0.4, -0.2) is 30.6 Å². The van der Waals surface area contributed by atoms with Crippen molar-refractivity contribution in [2.24, 2.45) is 5.73 Å². The minimum absolute atomic E-state index is 0.317. The van der Waals surface area contributed by atoms with Crippen LogP contribution in [-0.2, 0) is 11.3 Å². The number of aromatic nitrogens is 1. The van der Waals surface area contributed by atoms with Crippen LogP contribution in [0.5, 0.6) is 0 Å². The third-order valence-corrected chi connectivity index (χ3v) is 4.04. The molecule has 5 nitrogen and oxygen atoms in total. The number of esters is 1. The Balaban J connectivity index is 2.05. The number of rotatable bonds is 4. The molecule has 0 amide bonds. The zero-order chi connectivity index (χ0) is 14.8. The van der Waals surface area contributed by atoms with E-state index in [0.29, 0.717) is 18.8 Å². The molecule has 0 atom stereocenters. The molecule has 0 saturated carbocycles. The molecular formula is C16H21N3O2. The smallest absolute Gasteiger partial charge is 0.355 e. The standard InChI is InChI=1S/C16H21N3O2/c1-2-21-16(20)15-13(10-17)12-9-11(5-6-14(12)18-15)19-7-3-4-8-19/h5-6,9,18H,2-4,7-8,10,17H2,1H3. The van der Waals surface area contributed by atoms with E-state index in [1.54, 1.807) is 6.92 Å². The van der Waals surface area contributed by atoms with E-state index in [9.17, 15) is 4.79 Å². The Hall–Kier alpha value is -2.01. The predicted octanol–water partition coefficient (Wildman–Crippen LogP) is 2.40. The van der Waals surface area contributed by atoms with Crippen molar-refractivity contribution in [2.45, 2.75) is 26.3 Å². The largest absolute Gasteiger partial charge is 0.461 e. The van der Waals surface area contributed by atoms with E-state index in [4.69, 9.17) is 10.5 Å². The van der Waals surface area contributed by atoms with Crippen molar-refractivity contribution in [3.8, 4) is 0 Å². The molecule has 5 heteroatoms. The van der Waals surface area contributed by atoms with E-state index in [0.717, 1.165) is 29.6 Å². The molecule has 0 bridgehead atoms. The molecule has 2 heterocycles. The topological polar surface area (TPSA) is 71.4 Å². The fourth-order valence-electron chi connectivity index (χ4n) is 3.00. The predicted molar refractivity (Wildman–Crippen MR) is 83.6 cm³/mol. The Labute approximate surface area is 124 Å². The number of benzene rings is 1. The van der Waals surface area contributed by atoms with E-state index >= 15 is 0 Å². The van der Waals surface area contributed by atoms with Gasteiger partial charge in [0.05, 0.1) is 6.61 Å². The van der Waals surface area contributed by atoms with Gasteiger partial charge in [-0.2, -0.15) is 0 Å². The molecule has 1 fully saturated rings. The molecule has 0 spiro atoms. The van der Waals surface area contributed by atoms with Crippen molar-refractivity contribution in [2.75, 3.05) is 24.6 Å². The lowest BCUT2D eigenvalue weighted by Gasteiger charge is -2.17. The van der Waals surface area contributed by atoms with Gasteiger partial charge in [-0.25, -0.2) is 4.79 Å². The van der Waals surface area contributed by atoms with Crippen molar-refractivity contribution in [1.29, 1.82) is 0 Å². The summed E-state index contributed by atoms with van der Waals surface area (Å²) in [6.07, 6.45) is 2.48. The van der Waals surface area contributed by atoms with Gasteiger partial charge in [-0.3, -0.25) is 0 Å². The van der Waals surface area contributed by atoms with Crippen LogP contribution in [0.2, 0.25) is 0 Å². The lowest BCUT2D eigenvalue weighted by Crippen LogP contribution is -2.17. The summed E-state index contributed by atoms with van der Waals surface area (Å²) < 4.78 is 5.09. The Bertz CT molecular complexity index is 657. The van der Waals surface area contributed by atoms with Gasteiger partial charge in [-0.1, -0.05) is 0 Å². The fourth-order valence-corrected chi connectivity index (χ4v) is 3.00. The summed E-state index contributed by atoms with van der Waals surface area (Å²) >= 11 is 0. The molecule has 1 aliphatic heterocycles. The first kappa shape index (κ1) is 13.9. The van der Waals surface area contributed by atoms with Gasteiger partial charge in [0.15, 0.2) is 0 Å². The molecule has 112 valence electrons. The molecule has 1 aliphatic rings. The molecule has 1 aromatic carbocycles. The van der Waals surface area contributed by atoms with Crippen LogP contribution in [0, 0.1) is 0 Å². The van der Waals surface area contributed by atoms with Crippen molar-refractivity contribution >= 4 is 22.6 Å². The average Bonchev–Trinajstić information content (AvgIpc) is 3.14. The van der Waals surface area contributed by atoms with Gasteiger partial charge in [-0.05, 0) is 38.0 Å². The van der Waals surface area contributed by atoms with Crippen LogP contribution in [0.25, 0.3) is 10.9 Å². The number of anilines is 1. The van der Waals surface area contributed by atoms with Gasteiger partial charge in [0, 0.05) is 41.8 Å². The van der Waals surface area contributed by atoms with E-state index in [2.05, 4.69) is 22.0 Å². The van der Waals surface area contributed by atoms with Crippen molar-refractivity contribution < 1.29 is 9.53 Å². The maximum Gasteiger partial charge on any atom is 0.355 e. The maximum atomic E-state index is 12.0. The molecule has 1 saturated heterocycles. The number of carbonyl (C=O) groups is 1. The highest BCUT2D eigenvalue weighted by molar-refractivity contribution is 5.99. The zero-order valence-electron chi connectivity index (χ0n) is 12.3. The molecule has 0 radical (unpaired) electrons. The van der Waals surface area contributed by atoms with Gasteiger partial charge in [-0.15, -0.1) is 0 Å². The minimum Gasteiger partial charge on any atom is -0.461 e. The van der Waals surface area contributed by atoms with Crippen molar-refractivity contribution in [3.63, 3.8) is 0 Å². The number of ether oxygens (including phenoxy) is 1. The molecule has 21 heavy (non-hydrogen) atoms. The van der Waals surface area contributed by atoms with Gasteiger partial charge >= 0.3 is 5.97 Å². The molecule has 3 N–H and O–H groups in total. The number of fused-ring (bicyclic) bond motifs is 1. The number of H-pyrrole nitrogens is 1. The van der Waals surface area contributed by atoms with Gasteiger partial charge in [0.25, 0.3) is 0 Å². The highest BCUT2D eigenvalue weighted by Gasteiger charge is 2.19. The second kappa shape index (κ2) is 5.77. The summed E-state index contributed by atoms with van der Waals surface area (Å²) in [6, 6.07) is 6.24. The Morgan fingerprint density at radius 2 is 2.14 bits per heavy atom. The van der Waals surface area contributed by atoms with Crippen LogP contribution in [0.3, 0.4) is 0 Å². The summed E-state index contributed by atoms with van der Waals surface area (Å²) in [6.45, 7) is 4.67. The van der Waals surface area contributed by atoms with Gasteiger partial charge in [0.1, 0.15) is 5.69 Å². The number of carbonyl (C=O) groups excluding carboxylic acids is 1. The van der Waals surface area contributed by atoms with Crippen LogP contribution in [0.15, 0.2) is 18.2 Å². The Morgan fingerprint density at radius 3 is 2.81 bits per heavy atom. The number of nitrogens with two attached hydrogens (primary N) is 1. The lowest BCUT2D eigenvalue weighted by atomic mass is 10.1. The van der Waals surface area contributed by atoms with E-state index in [1.807, 2.05) is 6.07 Å². The second-order valence-electron chi connectivity index (χ2n) is 5.33. The minimum atomic E-state index is -0.336. The summed E-state index contributed by atoms with van der Waals surface area (Å²) in [4.78, 5) is 17.5. The highest BCUT2D eigenvalue weighted by atomic mass is 16.5. The number of aromatic amines is 1. The van der Waals surface area contributed by atoms with Crippen molar-refractivity contribution in [1.82, 2.24) is 4.98 Å². The van der Waals surface area contributed by atoms with E-state index in [-0.39, 0.29) is 5.97 Å². The van der Waals surface area contributed by atoms with Crippen LogP contribution in [0.4, 0.5) is 5.69 Å². The average molecular weight is 287 g/mol. The summed E-state index contributed by atoms with van der Waals surface area (Å²) in [5.74, 6) is -0.336. The van der Waals surface area contributed by atoms with Crippen LogP contribution in [0.1, 0.15) is 35.8 Å². The monoisotopic (exact) mass is 287 g/mol. The Kier molecular flexibility index (Phi) is 3.84. The molecule has 0 aliphatic carbocycles. The molecular weight excluding hydrogens is 266 g/mol. The van der Waals surface area contributed by atoms with Gasteiger partial charge in [0.2, 0.25) is 0 Å². The van der Waals surface area contributed by atoms with Crippen LogP contribution >= 0.6 is 0 Å². The molecule has 1 aromatic heterocycles. The van der Waals surface area contributed by atoms with Crippen molar-refractivity contribution in [3.05, 3.63) is 29.5 Å². The first-order valence-electron chi connectivity index (χ1n) is 7.51. The number of hydrogen-bond acceptors (Lipinski definition) is 4.